The maximum Gasteiger partial charge on any atom is 0.325 e. The summed E-state index contributed by atoms with van der Waals surface area (Å²) in [5.74, 6) is -1.58. The summed E-state index contributed by atoms with van der Waals surface area (Å²) in [5, 5.41) is 8.65. The molecule has 2 unspecified atom stereocenters. The molecule has 3 heterocycles. The number of carbonyl (C=O) groups is 4. The Bertz CT molecular complexity index is 1290. The van der Waals surface area contributed by atoms with Gasteiger partial charge in [-0.1, -0.05) is 26.0 Å². The summed E-state index contributed by atoms with van der Waals surface area (Å²) < 4.78 is 11.7. The molecule has 11 nitrogen and oxygen atoms in total. The molecule has 0 saturated carbocycles. The number of rotatable bonds is 1. The first-order valence-electron chi connectivity index (χ1n) is 13.8. The second-order valence-electron chi connectivity index (χ2n) is 11.6. The molecule has 216 valence electrons. The van der Waals surface area contributed by atoms with Crippen molar-refractivity contribution in [1.82, 2.24) is 26.1 Å². The number of cyclic esters (lactones) is 1. The SMILES string of the molecule is CC1NC(=O)C(C(C)C)NC(=O)C(C)(C)COc2cc3cc(ccc3cn2)[C@@H](C)OC(=O)[C@H]2CCCN(N2)C1=O. The van der Waals surface area contributed by atoms with E-state index < -0.39 is 41.5 Å². The first-order chi connectivity index (χ1) is 18.9. The summed E-state index contributed by atoms with van der Waals surface area (Å²) in [6, 6.07) is 5.01. The van der Waals surface area contributed by atoms with E-state index in [1.54, 1.807) is 40.0 Å². The topological polar surface area (TPSA) is 139 Å². The van der Waals surface area contributed by atoms with E-state index in [-0.39, 0.29) is 24.3 Å². The van der Waals surface area contributed by atoms with Crippen LogP contribution in [0.4, 0.5) is 0 Å². The smallest absolute Gasteiger partial charge is 0.325 e. The van der Waals surface area contributed by atoms with Gasteiger partial charge in [0.15, 0.2) is 0 Å². The number of hydrazine groups is 1. The number of amides is 3. The Labute approximate surface area is 234 Å². The third-order valence-corrected chi connectivity index (χ3v) is 7.38. The number of aromatic nitrogens is 1. The highest BCUT2D eigenvalue weighted by atomic mass is 16.5. The van der Waals surface area contributed by atoms with Crippen LogP contribution in [0.1, 0.15) is 66.1 Å². The number of nitrogens with one attached hydrogen (secondary N) is 3. The van der Waals surface area contributed by atoms with Crippen molar-refractivity contribution >= 4 is 34.5 Å². The summed E-state index contributed by atoms with van der Waals surface area (Å²) in [7, 11) is 0. The molecule has 1 aromatic carbocycles. The van der Waals surface area contributed by atoms with Crippen LogP contribution in [0.5, 0.6) is 5.88 Å². The summed E-state index contributed by atoms with van der Waals surface area (Å²) in [6.45, 7) is 10.9. The zero-order chi connectivity index (χ0) is 29.2. The molecule has 1 fully saturated rings. The van der Waals surface area contributed by atoms with Crippen molar-refractivity contribution in [2.75, 3.05) is 13.2 Å². The molecule has 2 aromatic rings. The average Bonchev–Trinajstić information content (AvgIpc) is 2.92. The van der Waals surface area contributed by atoms with Crippen molar-refractivity contribution in [1.29, 1.82) is 0 Å². The van der Waals surface area contributed by atoms with Crippen molar-refractivity contribution in [2.45, 2.75) is 78.6 Å². The van der Waals surface area contributed by atoms with Crippen LogP contribution in [0.25, 0.3) is 10.8 Å². The van der Waals surface area contributed by atoms with Gasteiger partial charge < -0.3 is 20.1 Å². The van der Waals surface area contributed by atoms with Gasteiger partial charge in [0.1, 0.15) is 30.8 Å². The van der Waals surface area contributed by atoms with Crippen molar-refractivity contribution in [2.24, 2.45) is 11.3 Å². The van der Waals surface area contributed by atoms with E-state index >= 15 is 0 Å². The molecular formula is C29H39N5O6. The van der Waals surface area contributed by atoms with Crippen LogP contribution in [0.15, 0.2) is 30.5 Å². The van der Waals surface area contributed by atoms with Gasteiger partial charge in [0.05, 0.1) is 5.41 Å². The molecule has 3 N–H and O–H groups in total. The fourth-order valence-corrected chi connectivity index (χ4v) is 4.70. The van der Waals surface area contributed by atoms with Crippen LogP contribution in [0.2, 0.25) is 0 Å². The molecule has 11 heteroatoms. The number of pyridine rings is 1. The molecule has 2 aliphatic heterocycles. The lowest BCUT2D eigenvalue weighted by molar-refractivity contribution is -0.157. The van der Waals surface area contributed by atoms with E-state index in [0.717, 1.165) is 16.3 Å². The number of esters is 1. The molecular weight excluding hydrogens is 514 g/mol. The maximum atomic E-state index is 13.3. The largest absolute Gasteiger partial charge is 0.477 e. The Morgan fingerprint density at radius 3 is 2.52 bits per heavy atom. The van der Waals surface area contributed by atoms with Crippen molar-refractivity contribution in [3.63, 3.8) is 0 Å². The minimum absolute atomic E-state index is 0.0222. The minimum atomic E-state index is -0.985. The van der Waals surface area contributed by atoms with E-state index in [1.165, 1.54) is 5.01 Å². The highest BCUT2D eigenvalue weighted by Gasteiger charge is 2.36. The summed E-state index contributed by atoms with van der Waals surface area (Å²) in [4.78, 5) is 57.0. The molecule has 40 heavy (non-hydrogen) atoms. The molecule has 0 spiro atoms. The molecule has 4 rings (SSSR count). The zero-order valence-corrected chi connectivity index (χ0v) is 23.9. The van der Waals surface area contributed by atoms with Crippen LogP contribution < -0.4 is 20.8 Å². The van der Waals surface area contributed by atoms with Crippen LogP contribution >= 0.6 is 0 Å². The Hall–Kier alpha value is -3.73. The number of ether oxygens (including phenoxy) is 2. The first kappa shape index (κ1) is 29.3. The van der Waals surface area contributed by atoms with Crippen LogP contribution in [0.3, 0.4) is 0 Å². The molecule has 0 aliphatic carbocycles. The number of hydrogen-bond acceptors (Lipinski definition) is 8. The number of fused-ring (bicyclic) bond motifs is 4. The Morgan fingerprint density at radius 2 is 1.80 bits per heavy atom. The predicted molar refractivity (Wildman–Crippen MR) is 148 cm³/mol. The van der Waals surface area contributed by atoms with Crippen molar-refractivity contribution < 1.29 is 28.7 Å². The maximum absolute atomic E-state index is 13.3. The number of hydrogen-bond donors (Lipinski definition) is 3. The monoisotopic (exact) mass is 553 g/mol. The molecule has 1 saturated heterocycles. The molecule has 1 aromatic heterocycles. The lowest BCUT2D eigenvalue weighted by Crippen LogP contribution is -2.61. The fourth-order valence-electron chi connectivity index (χ4n) is 4.70. The second-order valence-corrected chi connectivity index (χ2v) is 11.6. The molecule has 2 aliphatic rings. The minimum Gasteiger partial charge on any atom is -0.477 e. The third-order valence-electron chi connectivity index (χ3n) is 7.38. The first-order valence-corrected chi connectivity index (χ1v) is 13.8. The molecule has 3 amide bonds. The summed E-state index contributed by atoms with van der Waals surface area (Å²) >= 11 is 0. The van der Waals surface area contributed by atoms with Crippen LogP contribution in [-0.2, 0) is 23.9 Å². The standard InChI is InChI=1S/C29H39N5O6/c1-16(2)24-25(35)31-17(3)26(36)34-11-7-8-22(33-34)27(37)40-18(4)19-9-10-20-14-30-23(13-21(20)12-19)39-15-29(5,6)28(38)32-24/h9-10,12-14,16-18,22,24,33H,7-8,11,15H2,1-6H3,(H,31,35)(H,32,38)/t17?,18-,22-,24?/m1/s1. The Balaban J connectivity index is 1.66. The van der Waals surface area contributed by atoms with Crippen molar-refractivity contribution in [3.05, 3.63) is 36.0 Å². The van der Waals surface area contributed by atoms with Gasteiger partial charge in [-0.25, -0.2) is 10.4 Å². The highest BCUT2D eigenvalue weighted by molar-refractivity contribution is 5.93. The van der Waals surface area contributed by atoms with Crippen LogP contribution in [0, 0.1) is 11.3 Å². The second kappa shape index (κ2) is 11.8. The summed E-state index contributed by atoms with van der Waals surface area (Å²) in [6.07, 6.45) is 2.26. The lowest BCUT2D eigenvalue weighted by atomic mass is 9.92. The number of carbonyl (C=O) groups excluding carboxylic acids is 4. The number of nitrogens with zero attached hydrogens (tertiary/aromatic N) is 2. The Kier molecular flexibility index (Phi) is 8.62. The zero-order valence-electron chi connectivity index (χ0n) is 23.9. The van der Waals surface area contributed by atoms with Gasteiger partial charge in [0.2, 0.25) is 17.7 Å². The van der Waals surface area contributed by atoms with Gasteiger partial charge in [-0.2, -0.15) is 0 Å². The average molecular weight is 554 g/mol. The molecule has 0 radical (unpaired) electrons. The van der Waals surface area contributed by atoms with E-state index in [2.05, 4.69) is 21.0 Å². The molecule has 5 bridgehead atoms. The van der Waals surface area contributed by atoms with E-state index in [0.29, 0.717) is 25.3 Å². The van der Waals surface area contributed by atoms with E-state index in [9.17, 15) is 19.2 Å². The van der Waals surface area contributed by atoms with E-state index in [4.69, 9.17) is 9.47 Å². The van der Waals surface area contributed by atoms with Gasteiger partial charge in [-0.3, -0.25) is 24.2 Å². The highest BCUT2D eigenvalue weighted by Crippen LogP contribution is 2.27. The molecule has 4 atom stereocenters. The normalized spacial score (nSPS) is 26.6. The van der Waals surface area contributed by atoms with Gasteiger partial charge in [-0.15, -0.1) is 0 Å². The fraction of sp³-hybridized carbons (Fsp3) is 0.552. The lowest BCUT2D eigenvalue weighted by Gasteiger charge is -2.35. The van der Waals surface area contributed by atoms with Gasteiger partial charge in [-0.05, 0) is 63.5 Å². The van der Waals surface area contributed by atoms with Gasteiger partial charge >= 0.3 is 5.97 Å². The van der Waals surface area contributed by atoms with Crippen LogP contribution in [-0.4, -0.2) is 65.0 Å². The van der Waals surface area contributed by atoms with Crippen molar-refractivity contribution in [3.8, 4) is 5.88 Å². The number of benzene rings is 1. The van der Waals surface area contributed by atoms with Gasteiger partial charge in [0, 0.05) is 24.2 Å². The predicted octanol–water partition coefficient (Wildman–Crippen LogP) is 2.40. The quantitative estimate of drug-likeness (QED) is 0.458. The summed E-state index contributed by atoms with van der Waals surface area (Å²) in [5.41, 5.74) is 2.79. The van der Waals surface area contributed by atoms with Gasteiger partial charge in [0.25, 0.3) is 5.91 Å². The third kappa shape index (κ3) is 6.52. The van der Waals surface area contributed by atoms with E-state index in [1.807, 2.05) is 32.0 Å². The Morgan fingerprint density at radius 1 is 1.05 bits per heavy atom.